The van der Waals surface area contributed by atoms with Crippen LogP contribution in [0.15, 0.2) is 24.3 Å². The van der Waals surface area contributed by atoms with E-state index in [0.29, 0.717) is 6.54 Å². The van der Waals surface area contributed by atoms with Gasteiger partial charge in [-0.05, 0) is 52.3 Å². The second-order valence-electron chi connectivity index (χ2n) is 6.45. The molecule has 0 aliphatic heterocycles. The summed E-state index contributed by atoms with van der Waals surface area (Å²) in [5, 5.41) is 6.21. The van der Waals surface area contributed by atoms with Crippen LogP contribution in [0, 0.1) is 0 Å². The first kappa shape index (κ1) is 18.3. The standard InChI is InChI=1S/C17H28N2O3/c1-12(11-18-16(20)22-17(3,4)5)19-13(2)14-8-7-9-15(10-14)21-6/h7-10,12-13,19H,11H2,1-6H3,(H,18,20). The average Bonchev–Trinajstić information content (AvgIpc) is 2.43. The molecule has 0 saturated heterocycles. The number of benzene rings is 1. The number of methoxy groups -OCH3 is 1. The van der Waals surface area contributed by atoms with Gasteiger partial charge in [0.1, 0.15) is 11.4 Å². The van der Waals surface area contributed by atoms with E-state index in [9.17, 15) is 4.79 Å². The van der Waals surface area contributed by atoms with Gasteiger partial charge in [-0.1, -0.05) is 12.1 Å². The fourth-order valence-corrected chi connectivity index (χ4v) is 2.04. The van der Waals surface area contributed by atoms with E-state index in [1.165, 1.54) is 0 Å². The summed E-state index contributed by atoms with van der Waals surface area (Å²) in [4.78, 5) is 11.6. The van der Waals surface area contributed by atoms with E-state index in [1.54, 1.807) is 7.11 Å². The van der Waals surface area contributed by atoms with Gasteiger partial charge in [-0.2, -0.15) is 0 Å². The first-order chi connectivity index (χ1) is 10.2. The highest BCUT2D eigenvalue weighted by atomic mass is 16.6. The third kappa shape index (κ3) is 6.80. The van der Waals surface area contributed by atoms with Crippen LogP contribution in [0.4, 0.5) is 4.79 Å². The van der Waals surface area contributed by atoms with Crippen LogP contribution in [0.5, 0.6) is 5.75 Å². The highest BCUT2D eigenvalue weighted by molar-refractivity contribution is 5.67. The number of hydrogen-bond acceptors (Lipinski definition) is 4. The molecule has 0 bridgehead atoms. The number of carbonyl (C=O) groups is 1. The zero-order chi connectivity index (χ0) is 16.8. The smallest absolute Gasteiger partial charge is 0.407 e. The van der Waals surface area contributed by atoms with E-state index in [1.807, 2.05) is 52.0 Å². The lowest BCUT2D eigenvalue weighted by Crippen LogP contribution is -2.41. The fourth-order valence-electron chi connectivity index (χ4n) is 2.04. The summed E-state index contributed by atoms with van der Waals surface area (Å²) in [5.74, 6) is 0.839. The minimum Gasteiger partial charge on any atom is -0.497 e. The molecule has 0 spiro atoms. The minimum atomic E-state index is -0.478. The lowest BCUT2D eigenvalue weighted by Gasteiger charge is -2.23. The van der Waals surface area contributed by atoms with Gasteiger partial charge >= 0.3 is 6.09 Å². The Kier molecular flexibility index (Phi) is 6.68. The Morgan fingerprint density at radius 3 is 2.55 bits per heavy atom. The average molecular weight is 308 g/mol. The van der Waals surface area contributed by atoms with E-state index in [4.69, 9.17) is 9.47 Å². The maximum atomic E-state index is 11.6. The SMILES string of the molecule is COc1cccc(C(C)NC(C)CNC(=O)OC(C)(C)C)c1. The molecule has 0 fully saturated rings. The third-order valence-electron chi connectivity index (χ3n) is 3.08. The van der Waals surface area contributed by atoms with Crippen LogP contribution < -0.4 is 15.4 Å². The van der Waals surface area contributed by atoms with Gasteiger partial charge in [-0.3, -0.25) is 0 Å². The summed E-state index contributed by atoms with van der Waals surface area (Å²) >= 11 is 0. The summed E-state index contributed by atoms with van der Waals surface area (Å²) in [5.41, 5.74) is 0.665. The topological polar surface area (TPSA) is 59.6 Å². The van der Waals surface area contributed by atoms with Gasteiger partial charge in [0, 0.05) is 18.6 Å². The molecule has 1 aromatic carbocycles. The van der Waals surface area contributed by atoms with E-state index >= 15 is 0 Å². The van der Waals surface area contributed by atoms with Crippen LogP contribution in [-0.2, 0) is 4.74 Å². The molecule has 5 nitrogen and oxygen atoms in total. The second kappa shape index (κ2) is 8.03. The van der Waals surface area contributed by atoms with Gasteiger partial charge in [0.25, 0.3) is 0 Å². The minimum absolute atomic E-state index is 0.119. The molecule has 1 aromatic rings. The first-order valence-corrected chi connectivity index (χ1v) is 7.58. The number of hydrogen-bond donors (Lipinski definition) is 2. The molecule has 0 aromatic heterocycles. The molecule has 0 heterocycles. The molecule has 2 N–H and O–H groups in total. The number of amides is 1. The largest absolute Gasteiger partial charge is 0.497 e. The molecule has 1 rings (SSSR count). The van der Waals surface area contributed by atoms with E-state index in [2.05, 4.69) is 17.6 Å². The zero-order valence-electron chi connectivity index (χ0n) is 14.4. The molecule has 0 saturated carbocycles. The van der Waals surface area contributed by atoms with Crippen LogP contribution in [0.3, 0.4) is 0 Å². The van der Waals surface area contributed by atoms with E-state index in [0.717, 1.165) is 11.3 Å². The summed E-state index contributed by atoms with van der Waals surface area (Å²) in [6.07, 6.45) is -0.393. The molecule has 5 heteroatoms. The van der Waals surface area contributed by atoms with Crippen LogP contribution in [0.1, 0.15) is 46.2 Å². The Labute approximate surface area is 133 Å². The van der Waals surface area contributed by atoms with Gasteiger partial charge in [0.15, 0.2) is 0 Å². The second-order valence-corrected chi connectivity index (χ2v) is 6.45. The molecular formula is C17H28N2O3. The van der Waals surface area contributed by atoms with Crippen molar-refractivity contribution in [3.05, 3.63) is 29.8 Å². The summed E-state index contributed by atoms with van der Waals surface area (Å²) in [6.45, 7) is 10.1. The van der Waals surface area contributed by atoms with Crippen molar-refractivity contribution in [2.24, 2.45) is 0 Å². The number of ether oxygens (including phenoxy) is 2. The van der Waals surface area contributed by atoms with Crippen LogP contribution in [-0.4, -0.2) is 31.4 Å². The highest BCUT2D eigenvalue weighted by Crippen LogP contribution is 2.19. The van der Waals surface area contributed by atoms with Crippen molar-refractivity contribution in [3.8, 4) is 5.75 Å². The Hall–Kier alpha value is -1.75. The fraction of sp³-hybridized carbons (Fsp3) is 0.588. The Morgan fingerprint density at radius 1 is 1.27 bits per heavy atom. The highest BCUT2D eigenvalue weighted by Gasteiger charge is 2.17. The van der Waals surface area contributed by atoms with Crippen molar-refractivity contribution in [2.75, 3.05) is 13.7 Å². The number of rotatable bonds is 6. The molecule has 0 aliphatic carbocycles. The van der Waals surface area contributed by atoms with Crippen molar-refractivity contribution in [1.29, 1.82) is 0 Å². The van der Waals surface area contributed by atoms with Crippen molar-refractivity contribution >= 4 is 6.09 Å². The van der Waals surface area contributed by atoms with Gasteiger partial charge in [0.2, 0.25) is 0 Å². The first-order valence-electron chi connectivity index (χ1n) is 7.58. The number of nitrogens with one attached hydrogen (secondary N) is 2. The van der Waals surface area contributed by atoms with Gasteiger partial charge in [0.05, 0.1) is 7.11 Å². The van der Waals surface area contributed by atoms with Gasteiger partial charge in [-0.25, -0.2) is 4.79 Å². The number of carbonyl (C=O) groups excluding carboxylic acids is 1. The van der Waals surface area contributed by atoms with Crippen LogP contribution >= 0.6 is 0 Å². The van der Waals surface area contributed by atoms with Crippen molar-refractivity contribution in [3.63, 3.8) is 0 Å². The molecule has 2 atom stereocenters. The molecule has 124 valence electrons. The molecule has 0 radical (unpaired) electrons. The van der Waals surface area contributed by atoms with E-state index < -0.39 is 11.7 Å². The zero-order valence-corrected chi connectivity index (χ0v) is 14.4. The monoisotopic (exact) mass is 308 g/mol. The summed E-state index contributed by atoms with van der Waals surface area (Å²) < 4.78 is 10.4. The maximum absolute atomic E-state index is 11.6. The molecular weight excluding hydrogens is 280 g/mol. The van der Waals surface area contributed by atoms with E-state index in [-0.39, 0.29) is 12.1 Å². The van der Waals surface area contributed by atoms with Crippen molar-refractivity contribution in [1.82, 2.24) is 10.6 Å². The third-order valence-corrected chi connectivity index (χ3v) is 3.08. The molecule has 1 amide bonds. The van der Waals surface area contributed by atoms with Crippen LogP contribution in [0.2, 0.25) is 0 Å². The Morgan fingerprint density at radius 2 is 1.95 bits per heavy atom. The Bertz CT molecular complexity index is 483. The predicted octanol–water partition coefficient (Wildman–Crippen LogP) is 3.26. The van der Waals surface area contributed by atoms with Gasteiger partial charge < -0.3 is 20.1 Å². The maximum Gasteiger partial charge on any atom is 0.407 e. The van der Waals surface area contributed by atoms with Crippen molar-refractivity contribution < 1.29 is 14.3 Å². The lowest BCUT2D eigenvalue weighted by molar-refractivity contribution is 0.0522. The molecule has 22 heavy (non-hydrogen) atoms. The van der Waals surface area contributed by atoms with Crippen LogP contribution in [0.25, 0.3) is 0 Å². The predicted molar refractivity (Wildman–Crippen MR) is 88.2 cm³/mol. The Balaban J connectivity index is 2.44. The summed E-state index contributed by atoms with van der Waals surface area (Å²) in [7, 11) is 1.66. The molecule has 0 aliphatic rings. The summed E-state index contributed by atoms with van der Waals surface area (Å²) in [6, 6.07) is 8.22. The number of alkyl carbamates (subject to hydrolysis) is 1. The van der Waals surface area contributed by atoms with Crippen molar-refractivity contribution in [2.45, 2.75) is 52.3 Å². The lowest BCUT2D eigenvalue weighted by atomic mass is 10.1. The van der Waals surface area contributed by atoms with Gasteiger partial charge in [-0.15, -0.1) is 0 Å². The molecule has 2 unspecified atom stereocenters. The normalized spacial score (nSPS) is 14.1. The quantitative estimate of drug-likeness (QED) is 0.847.